The summed E-state index contributed by atoms with van der Waals surface area (Å²) < 4.78 is 2.43. The summed E-state index contributed by atoms with van der Waals surface area (Å²) in [5, 5.41) is 11.6. The highest BCUT2D eigenvalue weighted by atomic mass is 127. The van der Waals surface area contributed by atoms with Crippen LogP contribution in [0.2, 0.25) is 0 Å². The van der Waals surface area contributed by atoms with Crippen molar-refractivity contribution >= 4 is 97.7 Å². The molecule has 2 N–H and O–H groups in total. The molecule has 0 saturated carbocycles. The number of carbonyl (C=O) groups excluding carboxylic acids is 1. The van der Waals surface area contributed by atoms with Crippen LogP contribution in [0.4, 0.5) is 11.4 Å². The van der Waals surface area contributed by atoms with Crippen LogP contribution in [0.3, 0.4) is 0 Å². The first kappa shape index (κ1) is 20.9. The number of anilines is 1. The molecule has 0 aliphatic rings. The van der Waals surface area contributed by atoms with E-state index in [1.54, 1.807) is 6.92 Å². The van der Waals surface area contributed by atoms with Crippen molar-refractivity contribution in [2.24, 2.45) is 10.9 Å². The monoisotopic (exact) mass is 655 g/mol. The lowest BCUT2D eigenvalue weighted by atomic mass is 10.1. The molecule has 6 nitrogen and oxygen atoms in total. The summed E-state index contributed by atoms with van der Waals surface area (Å²) in [7, 11) is 3.79. The molecule has 0 heterocycles. The minimum atomic E-state index is -0.945. The third-order valence-corrected chi connectivity index (χ3v) is 6.22. The van der Waals surface area contributed by atoms with Crippen molar-refractivity contribution in [2.75, 3.05) is 25.5 Å². The Hall–Kier alpha value is -0.180. The minimum Gasteiger partial charge on any atom is -0.481 e. The van der Waals surface area contributed by atoms with E-state index in [9.17, 15) is 9.59 Å². The Kier molecular flexibility index (Phi) is 7.97. The summed E-state index contributed by atoms with van der Waals surface area (Å²) in [6, 6.07) is 0. The number of hydrogen-bond donors (Lipinski definition) is 2. The first-order chi connectivity index (χ1) is 10.6. The van der Waals surface area contributed by atoms with E-state index in [1.165, 1.54) is 0 Å². The number of carboxylic acids is 1. The second-order valence-corrected chi connectivity index (χ2v) is 8.25. The number of aliphatic imine (C=N–C) groups is 1. The first-order valence-electron chi connectivity index (χ1n) is 6.48. The van der Waals surface area contributed by atoms with Crippen LogP contribution in [0.15, 0.2) is 4.99 Å². The van der Waals surface area contributed by atoms with Crippen molar-refractivity contribution in [3.63, 3.8) is 0 Å². The largest absolute Gasteiger partial charge is 0.481 e. The quantitative estimate of drug-likeness (QED) is 0.365. The molecule has 23 heavy (non-hydrogen) atoms. The maximum Gasteiger partial charge on any atom is 0.308 e. The molecule has 1 aromatic carbocycles. The van der Waals surface area contributed by atoms with Gasteiger partial charge >= 0.3 is 5.97 Å². The molecule has 0 saturated heterocycles. The zero-order valence-corrected chi connectivity index (χ0v) is 19.3. The Bertz CT molecular complexity index is 663. The van der Waals surface area contributed by atoms with E-state index in [0.29, 0.717) is 14.8 Å². The van der Waals surface area contributed by atoms with Gasteiger partial charge in [0.15, 0.2) is 0 Å². The fourth-order valence-corrected chi connectivity index (χ4v) is 6.75. The van der Waals surface area contributed by atoms with Gasteiger partial charge in [0.05, 0.1) is 33.6 Å². The molecule has 0 radical (unpaired) electrons. The van der Waals surface area contributed by atoms with Crippen molar-refractivity contribution in [3.8, 4) is 0 Å². The summed E-state index contributed by atoms with van der Waals surface area (Å²) in [6.07, 6.45) is 0. The van der Waals surface area contributed by atoms with Crippen LogP contribution >= 0.6 is 67.8 Å². The van der Waals surface area contributed by atoms with E-state index in [-0.39, 0.29) is 12.5 Å². The van der Waals surface area contributed by atoms with Gasteiger partial charge in [-0.2, -0.15) is 0 Å². The first-order valence-corrected chi connectivity index (χ1v) is 9.72. The van der Waals surface area contributed by atoms with Crippen molar-refractivity contribution in [2.45, 2.75) is 6.92 Å². The molecule has 1 aromatic rings. The Balaban J connectivity index is 3.35. The molecule has 9 heteroatoms. The van der Waals surface area contributed by atoms with Gasteiger partial charge in [0.2, 0.25) is 0 Å². The number of nitrogens with zero attached hydrogens (tertiary/aromatic N) is 2. The van der Waals surface area contributed by atoms with Gasteiger partial charge in [-0.1, -0.05) is 6.92 Å². The fraction of sp³-hybridized carbons (Fsp3) is 0.357. The third kappa shape index (κ3) is 4.67. The van der Waals surface area contributed by atoms with E-state index in [2.05, 4.69) is 84.8 Å². The van der Waals surface area contributed by atoms with Crippen molar-refractivity contribution < 1.29 is 14.7 Å². The van der Waals surface area contributed by atoms with Crippen molar-refractivity contribution in [3.05, 3.63) is 16.3 Å². The topological polar surface area (TPSA) is 82.0 Å². The van der Waals surface area contributed by atoms with Crippen LogP contribution in [0.5, 0.6) is 0 Å². The van der Waals surface area contributed by atoms with E-state index in [0.717, 1.165) is 12.8 Å². The van der Waals surface area contributed by atoms with Crippen LogP contribution in [0.1, 0.15) is 17.3 Å². The normalized spacial score (nSPS) is 11.7. The molecular formula is C14H16I3N3O3. The Morgan fingerprint density at radius 3 is 2.26 bits per heavy atom. The molecule has 0 fully saturated rings. The molecule has 0 bridgehead atoms. The van der Waals surface area contributed by atoms with E-state index in [1.807, 2.05) is 19.0 Å². The number of nitrogens with one attached hydrogen (secondary N) is 1. The van der Waals surface area contributed by atoms with Crippen molar-refractivity contribution in [1.82, 2.24) is 5.32 Å². The standard InChI is InChI=1S/C14H16I3N3O3/c1-6(14(22)23)5-19-13(21)7-8(15)11(18-2)10(17)12(9(7)16)20(3)4/h6H,2,5H2,1,3-4H3,(H,19,21)(H,22,23). The molecule has 0 aromatic heterocycles. The number of aliphatic carboxylic acids is 1. The molecule has 0 aliphatic heterocycles. The Morgan fingerprint density at radius 1 is 1.26 bits per heavy atom. The van der Waals surface area contributed by atoms with E-state index < -0.39 is 11.9 Å². The highest BCUT2D eigenvalue weighted by Crippen LogP contribution is 2.41. The SMILES string of the molecule is C=Nc1c(I)c(C(=O)NCC(C)C(=O)O)c(I)c(N(C)C)c1I. The molecular weight excluding hydrogens is 639 g/mol. The maximum absolute atomic E-state index is 12.6. The molecule has 0 spiro atoms. The summed E-state index contributed by atoms with van der Waals surface area (Å²) >= 11 is 6.41. The number of benzene rings is 1. The summed E-state index contributed by atoms with van der Waals surface area (Å²) in [5.74, 6) is -1.90. The highest BCUT2D eigenvalue weighted by molar-refractivity contribution is 14.1. The Labute approximate surface area is 175 Å². The number of halogens is 3. The molecule has 126 valence electrons. The highest BCUT2D eigenvalue weighted by Gasteiger charge is 2.25. The van der Waals surface area contributed by atoms with Gasteiger partial charge < -0.3 is 15.3 Å². The number of rotatable bonds is 6. The third-order valence-electron chi connectivity index (χ3n) is 3.09. The maximum atomic E-state index is 12.6. The van der Waals surface area contributed by atoms with Gasteiger partial charge in [0, 0.05) is 20.6 Å². The Morgan fingerprint density at radius 2 is 1.83 bits per heavy atom. The van der Waals surface area contributed by atoms with Crippen LogP contribution in [0, 0.1) is 16.6 Å². The summed E-state index contributed by atoms with van der Waals surface area (Å²) in [4.78, 5) is 29.4. The fourth-order valence-electron chi connectivity index (χ4n) is 1.79. The predicted molar refractivity (Wildman–Crippen MR) is 117 cm³/mol. The lowest BCUT2D eigenvalue weighted by Crippen LogP contribution is -2.33. The van der Waals surface area contributed by atoms with Gasteiger partial charge in [-0.3, -0.25) is 14.6 Å². The van der Waals surface area contributed by atoms with E-state index >= 15 is 0 Å². The average molecular weight is 655 g/mol. The van der Waals surface area contributed by atoms with Gasteiger partial charge in [-0.25, -0.2) is 0 Å². The lowest BCUT2D eigenvalue weighted by molar-refractivity contribution is -0.140. The smallest absolute Gasteiger partial charge is 0.308 e. The molecule has 1 rings (SSSR count). The van der Waals surface area contributed by atoms with Gasteiger partial charge in [0.1, 0.15) is 0 Å². The zero-order chi connectivity index (χ0) is 17.9. The van der Waals surface area contributed by atoms with Crippen molar-refractivity contribution in [1.29, 1.82) is 0 Å². The van der Waals surface area contributed by atoms with Crippen LogP contribution in [-0.4, -0.2) is 44.3 Å². The summed E-state index contributed by atoms with van der Waals surface area (Å²) in [6.45, 7) is 5.21. The number of amides is 1. The molecule has 0 aliphatic carbocycles. The summed E-state index contributed by atoms with van der Waals surface area (Å²) in [5.41, 5.74) is 2.05. The van der Waals surface area contributed by atoms with Gasteiger partial charge in [-0.15, -0.1) is 0 Å². The average Bonchev–Trinajstić information content (AvgIpc) is 2.44. The van der Waals surface area contributed by atoms with E-state index in [4.69, 9.17) is 5.11 Å². The van der Waals surface area contributed by atoms with Crippen LogP contribution in [0.25, 0.3) is 0 Å². The van der Waals surface area contributed by atoms with Gasteiger partial charge in [-0.05, 0) is 74.5 Å². The number of hydrogen-bond acceptors (Lipinski definition) is 4. The molecule has 1 atom stereocenters. The van der Waals surface area contributed by atoms with Crippen LogP contribution in [-0.2, 0) is 4.79 Å². The molecule has 1 unspecified atom stereocenters. The predicted octanol–water partition coefficient (Wildman–Crippen LogP) is 3.35. The second kappa shape index (κ2) is 8.78. The van der Waals surface area contributed by atoms with Gasteiger partial charge in [0.25, 0.3) is 5.91 Å². The number of carboxylic acid groups (broad SMARTS) is 1. The zero-order valence-electron chi connectivity index (χ0n) is 12.8. The second-order valence-electron chi connectivity index (χ2n) is 5.02. The number of carbonyl (C=O) groups is 2. The van der Waals surface area contributed by atoms with Crippen LogP contribution < -0.4 is 10.2 Å². The minimum absolute atomic E-state index is 0.0699. The molecule has 1 amide bonds. The lowest BCUT2D eigenvalue weighted by Gasteiger charge is -2.22.